The van der Waals surface area contributed by atoms with Crippen LogP contribution in [-0.2, 0) is 0 Å². The molecule has 144 valence electrons. The first-order valence-corrected chi connectivity index (χ1v) is 11.0. The molecule has 1 aliphatic heterocycles. The second-order valence-corrected chi connectivity index (χ2v) is 8.60. The van der Waals surface area contributed by atoms with E-state index in [2.05, 4.69) is 74.4 Å². The van der Waals surface area contributed by atoms with E-state index in [9.17, 15) is 0 Å². The predicted octanol–water partition coefficient (Wildman–Crippen LogP) is 5.30. The highest BCUT2D eigenvalue weighted by molar-refractivity contribution is 7.13. The highest BCUT2D eigenvalue weighted by Crippen LogP contribution is 2.35. The fourth-order valence-corrected chi connectivity index (χ4v) is 5.14. The van der Waals surface area contributed by atoms with Gasteiger partial charge in [0.15, 0.2) is 0 Å². The number of piperidine rings is 1. The molecule has 1 aliphatic rings. The predicted molar refractivity (Wildman–Crippen MR) is 119 cm³/mol. The topological polar surface area (TPSA) is 69.4 Å². The molecular weight excluding hydrogens is 378 g/mol. The summed E-state index contributed by atoms with van der Waals surface area (Å²) in [4.78, 5) is 9.88. The lowest BCUT2D eigenvalue weighted by atomic mass is 9.94. The van der Waals surface area contributed by atoms with Gasteiger partial charge in [0.1, 0.15) is 11.2 Å². The molecule has 0 atom stereocenters. The van der Waals surface area contributed by atoms with Crippen LogP contribution < -0.4 is 5.32 Å². The molecule has 5 heterocycles. The first-order chi connectivity index (χ1) is 14.4. The number of thiophene rings is 1. The van der Waals surface area contributed by atoms with Gasteiger partial charge in [-0.25, -0.2) is 4.98 Å². The minimum atomic E-state index is 0.525. The highest BCUT2D eigenvalue weighted by atomic mass is 32.1. The minimum Gasteiger partial charge on any atom is -0.353 e. The number of rotatable bonds is 3. The first-order valence-electron chi connectivity index (χ1n) is 10.1. The molecule has 5 nitrogen and oxygen atoms in total. The third-order valence-corrected chi connectivity index (χ3v) is 6.80. The Bertz CT molecular complexity index is 1290. The summed E-state index contributed by atoms with van der Waals surface area (Å²) in [5.74, 6) is 0.525. The largest absolute Gasteiger partial charge is 0.353 e. The van der Waals surface area contributed by atoms with E-state index in [1.54, 1.807) is 11.3 Å². The number of hydrogen-bond acceptors (Lipinski definition) is 4. The Kier molecular flexibility index (Phi) is 3.99. The van der Waals surface area contributed by atoms with E-state index in [1.807, 2.05) is 0 Å². The zero-order chi connectivity index (χ0) is 19.2. The SMILES string of the molecule is c1csc(-c2cccc3[nH]c(-c4n[nH]c5ccc(C6CCNCC6)nc45)cc23)c1. The third-order valence-electron chi connectivity index (χ3n) is 5.89. The number of H-pyrrole nitrogens is 2. The number of benzene rings is 1. The van der Waals surface area contributed by atoms with Gasteiger partial charge in [-0.05, 0) is 61.6 Å². The molecule has 4 aromatic heterocycles. The monoisotopic (exact) mass is 399 g/mol. The molecule has 0 spiro atoms. The molecule has 6 heteroatoms. The van der Waals surface area contributed by atoms with Gasteiger partial charge in [0.25, 0.3) is 0 Å². The first kappa shape index (κ1) is 16.9. The Morgan fingerprint density at radius 2 is 1.90 bits per heavy atom. The fraction of sp³-hybridized carbons (Fsp3) is 0.217. The van der Waals surface area contributed by atoms with Crippen LogP contribution in [0.25, 0.3) is 43.8 Å². The summed E-state index contributed by atoms with van der Waals surface area (Å²) in [6, 6.07) is 17.2. The molecule has 3 N–H and O–H groups in total. The summed E-state index contributed by atoms with van der Waals surface area (Å²) in [7, 11) is 0. The second kappa shape index (κ2) is 6.83. The van der Waals surface area contributed by atoms with Gasteiger partial charge < -0.3 is 10.3 Å². The highest BCUT2D eigenvalue weighted by Gasteiger charge is 2.19. The van der Waals surface area contributed by atoms with Gasteiger partial charge in [0.2, 0.25) is 0 Å². The maximum absolute atomic E-state index is 5.04. The molecule has 0 amide bonds. The van der Waals surface area contributed by atoms with Gasteiger partial charge in [-0.3, -0.25) is 5.10 Å². The van der Waals surface area contributed by atoms with E-state index in [0.717, 1.165) is 53.9 Å². The van der Waals surface area contributed by atoms with Crippen molar-refractivity contribution in [1.29, 1.82) is 0 Å². The van der Waals surface area contributed by atoms with Crippen molar-refractivity contribution >= 4 is 33.3 Å². The lowest BCUT2D eigenvalue weighted by molar-refractivity contribution is 0.454. The Hall–Kier alpha value is -2.96. The molecule has 0 aliphatic carbocycles. The average molecular weight is 400 g/mol. The number of aromatic nitrogens is 4. The third kappa shape index (κ3) is 2.87. The lowest BCUT2D eigenvalue weighted by Gasteiger charge is -2.22. The summed E-state index contributed by atoms with van der Waals surface area (Å²) < 4.78 is 0. The van der Waals surface area contributed by atoms with Gasteiger partial charge >= 0.3 is 0 Å². The Balaban J connectivity index is 1.48. The zero-order valence-electron chi connectivity index (χ0n) is 15.9. The van der Waals surface area contributed by atoms with Crippen LogP contribution in [0.15, 0.2) is 53.9 Å². The van der Waals surface area contributed by atoms with Crippen LogP contribution in [0.1, 0.15) is 24.5 Å². The van der Waals surface area contributed by atoms with Crippen LogP contribution in [-0.4, -0.2) is 33.3 Å². The van der Waals surface area contributed by atoms with Crippen LogP contribution in [0.4, 0.5) is 0 Å². The molecule has 6 rings (SSSR count). The summed E-state index contributed by atoms with van der Waals surface area (Å²) in [5.41, 5.74) is 7.38. The van der Waals surface area contributed by atoms with Crippen LogP contribution in [0, 0.1) is 0 Å². The Morgan fingerprint density at radius 1 is 0.966 bits per heavy atom. The van der Waals surface area contributed by atoms with E-state index < -0.39 is 0 Å². The summed E-state index contributed by atoms with van der Waals surface area (Å²) in [6.07, 6.45) is 2.28. The second-order valence-electron chi connectivity index (χ2n) is 7.66. The molecule has 1 aromatic carbocycles. The average Bonchev–Trinajstić information content (AvgIpc) is 3.52. The number of fused-ring (bicyclic) bond motifs is 2. The van der Waals surface area contributed by atoms with Crippen molar-refractivity contribution in [2.75, 3.05) is 13.1 Å². The smallest absolute Gasteiger partial charge is 0.135 e. The van der Waals surface area contributed by atoms with Crippen molar-refractivity contribution in [3.63, 3.8) is 0 Å². The standard InChI is InChI=1S/C23H21N5S/c1-3-15(21-5-2-12-29-21)16-13-20(25-18(16)4-1)23-22-19(27-28-23)7-6-17(26-22)14-8-10-24-11-9-14/h1-7,12-14,24-25H,8-11H2,(H,27,28). The van der Waals surface area contributed by atoms with Crippen molar-refractivity contribution in [3.8, 4) is 21.8 Å². The van der Waals surface area contributed by atoms with E-state index in [-0.39, 0.29) is 0 Å². The number of aromatic amines is 2. The van der Waals surface area contributed by atoms with Crippen LogP contribution in [0.3, 0.4) is 0 Å². The van der Waals surface area contributed by atoms with E-state index >= 15 is 0 Å². The van der Waals surface area contributed by atoms with Gasteiger partial charge in [-0.2, -0.15) is 5.10 Å². The molecule has 1 saturated heterocycles. The van der Waals surface area contributed by atoms with E-state index in [4.69, 9.17) is 4.98 Å². The van der Waals surface area contributed by atoms with Crippen molar-refractivity contribution < 1.29 is 0 Å². The quantitative estimate of drug-likeness (QED) is 0.385. The van der Waals surface area contributed by atoms with Gasteiger partial charge in [-0.1, -0.05) is 18.2 Å². The summed E-state index contributed by atoms with van der Waals surface area (Å²) in [6.45, 7) is 2.13. The summed E-state index contributed by atoms with van der Waals surface area (Å²) >= 11 is 1.76. The molecular formula is C23H21N5S. The molecule has 0 radical (unpaired) electrons. The van der Waals surface area contributed by atoms with Gasteiger partial charge in [0, 0.05) is 33.0 Å². The van der Waals surface area contributed by atoms with Crippen molar-refractivity contribution in [3.05, 3.63) is 59.6 Å². The Morgan fingerprint density at radius 3 is 2.76 bits per heavy atom. The molecule has 0 bridgehead atoms. The molecule has 1 fully saturated rings. The van der Waals surface area contributed by atoms with E-state index in [1.165, 1.54) is 21.5 Å². The summed E-state index contributed by atoms with van der Waals surface area (Å²) in [5, 5.41) is 14.5. The molecule has 0 saturated carbocycles. The van der Waals surface area contributed by atoms with Crippen LogP contribution in [0.5, 0.6) is 0 Å². The molecule has 29 heavy (non-hydrogen) atoms. The van der Waals surface area contributed by atoms with Gasteiger partial charge in [-0.15, -0.1) is 11.3 Å². The van der Waals surface area contributed by atoms with Crippen molar-refractivity contribution in [2.45, 2.75) is 18.8 Å². The normalized spacial score (nSPS) is 15.4. The fourth-order valence-electron chi connectivity index (χ4n) is 4.38. The zero-order valence-corrected chi connectivity index (χ0v) is 16.7. The van der Waals surface area contributed by atoms with Crippen molar-refractivity contribution in [2.24, 2.45) is 0 Å². The maximum atomic E-state index is 5.04. The van der Waals surface area contributed by atoms with Crippen LogP contribution >= 0.6 is 11.3 Å². The maximum Gasteiger partial charge on any atom is 0.135 e. The number of nitrogens with zero attached hydrogens (tertiary/aromatic N) is 2. The Labute approximate surface area is 172 Å². The number of nitrogens with one attached hydrogen (secondary N) is 3. The van der Waals surface area contributed by atoms with Crippen molar-refractivity contribution in [1.82, 2.24) is 25.5 Å². The lowest BCUT2D eigenvalue weighted by Crippen LogP contribution is -2.27. The minimum absolute atomic E-state index is 0.525. The number of pyridine rings is 1. The molecule has 0 unspecified atom stereocenters. The van der Waals surface area contributed by atoms with Crippen LogP contribution in [0.2, 0.25) is 0 Å². The van der Waals surface area contributed by atoms with E-state index in [0.29, 0.717) is 5.92 Å². The van der Waals surface area contributed by atoms with Gasteiger partial charge in [0.05, 0.1) is 11.2 Å². The molecule has 5 aromatic rings. The number of hydrogen-bond donors (Lipinski definition) is 3.